The van der Waals surface area contributed by atoms with Gasteiger partial charge in [-0.2, -0.15) is 0 Å². The molecule has 168 valence electrons. The van der Waals surface area contributed by atoms with Gasteiger partial charge in [-0.15, -0.1) is 0 Å². The van der Waals surface area contributed by atoms with Crippen LogP contribution in [0.5, 0.6) is 0 Å². The third-order valence-electron chi connectivity index (χ3n) is 6.47. The fourth-order valence-corrected chi connectivity index (χ4v) is 4.66. The van der Waals surface area contributed by atoms with Crippen LogP contribution in [0, 0.1) is 11.8 Å². The van der Waals surface area contributed by atoms with E-state index in [-0.39, 0.29) is 0 Å². The Morgan fingerprint density at radius 3 is 2.63 bits per heavy atom. The summed E-state index contributed by atoms with van der Waals surface area (Å²) in [6, 6.07) is 11.0. The molecule has 2 saturated heterocycles. The Balaban J connectivity index is 1.30. The van der Waals surface area contributed by atoms with E-state index in [0.29, 0.717) is 5.92 Å². The molecule has 1 atom stereocenters. The Morgan fingerprint density at radius 2 is 1.93 bits per heavy atom. The highest BCUT2D eigenvalue weighted by atomic mass is 16.5. The number of hydrogen-bond donors (Lipinski definition) is 1. The predicted molar refractivity (Wildman–Crippen MR) is 126 cm³/mol. The van der Waals surface area contributed by atoms with Crippen molar-refractivity contribution >= 4 is 5.96 Å². The average Bonchev–Trinajstić information content (AvgIpc) is 3.27. The topological polar surface area (TPSA) is 40.1 Å². The molecule has 0 aliphatic carbocycles. The molecule has 1 aromatic rings. The predicted octanol–water partition coefficient (Wildman–Crippen LogP) is 3.66. The van der Waals surface area contributed by atoms with Crippen molar-refractivity contribution in [3.05, 3.63) is 35.9 Å². The Kier molecular flexibility index (Phi) is 9.97. The summed E-state index contributed by atoms with van der Waals surface area (Å²) in [5.41, 5.74) is 1.50. The van der Waals surface area contributed by atoms with Gasteiger partial charge < -0.3 is 19.9 Å². The minimum absolute atomic E-state index is 0.642. The van der Waals surface area contributed by atoms with Gasteiger partial charge in [0.25, 0.3) is 0 Å². The minimum atomic E-state index is 0.642. The van der Waals surface area contributed by atoms with Gasteiger partial charge in [0.05, 0.1) is 6.61 Å². The molecule has 1 aromatic carbocycles. The van der Waals surface area contributed by atoms with E-state index in [0.717, 1.165) is 44.7 Å². The molecule has 0 spiro atoms. The van der Waals surface area contributed by atoms with Gasteiger partial charge in [-0.05, 0) is 76.6 Å². The maximum atomic E-state index is 5.51. The largest absolute Gasteiger partial charge is 0.381 e. The smallest absolute Gasteiger partial charge is 0.193 e. The molecule has 2 fully saturated rings. The average molecular weight is 415 g/mol. The normalized spacial score (nSPS) is 21.1. The molecule has 5 nitrogen and oxygen atoms in total. The van der Waals surface area contributed by atoms with Gasteiger partial charge in [0.15, 0.2) is 5.96 Å². The van der Waals surface area contributed by atoms with Crippen LogP contribution in [0.15, 0.2) is 35.3 Å². The lowest BCUT2D eigenvalue weighted by molar-refractivity contribution is 0.181. The van der Waals surface area contributed by atoms with E-state index >= 15 is 0 Å². The summed E-state index contributed by atoms with van der Waals surface area (Å²) in [7, 11) is 2.15. The number of piperidine rings is 1. The third kappa shape index (κ3) is 7.92. The van der Waals surface area contributed by atoms with E-state index < -0.39 is 0 Å². The second-order valence-corrected chi connectivity index (χ2v) is 9.03. The van der Waals surface area contributed by atoms with Gasteiger partial charge in [0.1, 0.15) is 0 Å². The van der Waals surface area contributed by atoms with Crippen LogP contribution in [0.25, 0.3) is 0 Å². The van der Waals surface area contributed by atoms with Crippen LogP contribution >= 0.6 is 0 Å². The molecule has 1 unspecified atom stereocenters. The monoisotopic (exact) mass is 414 g/mol. The highest BCUT2D eigenvalue weighted by molar-refractivity contribution is 5.79. The number of guanidine groups is 1. The number of aliphatic imine (C=N–C) groups is 1. The van der Waals surface area contributed by atoms with Crippen molar-refractivity contribution < 1.29 is 4.74 Å². The number of ether oxygens (including phenoxy) is 1. The number of unbranched alkanes of at least 4 members (excludes halogenated alkanes) is 1. The number of nitrogens with zero attached hydrogens (tertiary/aromatic N) is 3. The Morgan fingerprint density at radius 1 is 1.13 bits per heavy atom. The molecule has 30 heavy (non-hydrogen) atoms. The fraction of sp³-hybridized carbons (Fsp3) is 0.720. The zero-order valence-electron chi connectivity index (χ0n) is 19.2. The van der Waals surface area contributed by atoms with Crippen molar-refractivity contribution in [1.82, 2.24) is 15.1 Å². The second kappa shape index (κ2) is 13.0. The zero-order valence-corrected chi connectivity index (χ0v) is 19.2. The first-order valence-corrected chi connectivity index (χ1v) is 12.1. The maximum Gasteiger partial charge on any atom is 0.193 e. The van der Waals surface area contributed by atoms with E-state index in [2.05, 4.69) is 59.4 Å². The summed E-state index contributed by atoms with van der Waals surface area (Å²) in [5.74, 6) is 2.55. The molecule has 1 N–H and O–H groups in total. The molecule has 0 amide bonds. The summed E-state index contributed by atoms with van der Waals surface area (Å²) >= 11 is 0. The fourth-order valence-electron chi connectivity index (χ4n) is 4.66. The first kappa shape index (κ1) is 23.1. The van der Waals surface area contributed by atoms with Crippen molar-refractivity contribution in [3.63, 3.8) is 0 Å². The van der Waals surface area contributed by atoms with Crippen LogP contribution in [-0.4, -0.2) is 75.3 Å². The van der Waals surface area contributed by atoms with Crippen molar-refractivity contribution in [2.75, 3.05) is 59.5 Å². The lowest BCUT2D eigenvalue weighted by Gasteiger charge is -2.32. The number of benzene rings is 1. The van der Waals surface area contributed by atoms with Crippen molar-refractivity contribution in [2.24, 2.45) is 16.8 Å². The van der Waals surface area contributed by atoms with E-state index in [1.807, 2.05) is 0 Å². The molecule has 2 aliphatic heterocycles. The van der Waals surface area contributed by atoms with Crippen molar-refractivity contribution in [3.8, 4) is 0 Å². The molecule has 2 aliphatic rings. The number of hydrogen-bond acceptors (Lipinski definition) is 3. The van der Waals surface area contributed by atoms with Crippen molar-refractivity contribution in [1.29, 1.82) is 0 Å². The Bertz CT molecular complexity index is 607. The van der Waals surface area contributed by atoms with Gasteiger partial charge in [0.2, 0.25) is 0 Å². The molecule has 3 rings (SSSR count). The molecule has 5 heteroatoms. The highest BCUT2D eigenvalue weighted by Gasteiger charge is 2.20. The van der Waals surface area contributed by atoms with Gasteiger partial charge >= 0.3 is 0 Å². The Labute approximate surface area is 183 Å². The maximum absolute atomic E-state index is 5.51. The number of rotatable bonds is 10. The second-order valence-electron chi connectivity index (χ2n) is 9.03. The molecule has 0 radical (unpaired) electrons. The van der Waals surface area contributed by atoms with Crippen LogP contribution in [0.3, 0.4) is 0 Å². The van der Waals surface area contributed by atoms with E-state index in [1.165, 1.54) is 63.7 Å². The summed E-state index contributed by atoms with van der Waals surface area (Å²) < 4.78 is 5.51. The van der Waals surface area contributed by atoms with Crippen LogP contribution in [0.4, 0.5) is 0 Å². The third-order valence-corrected chi connectivity index (χ3v) is 6.47. The highest BCUT2D eigenvalue weighted by Crippen LogP contribution is 2.21. The van der Waals surface area contributed by atoms with Crippen molar-refractivity contribution in [2.45, 2.75) is 45.4 Å². The molecule has 2 heterocycles. The number of likely N-dealkylation sites (tertiary alicyclic amines) is 1. The summed E-state index contributed by atoms with van der Waals surface area (Å²) in [5, 5.41) is 3.45. The zero-order chi connectivity index (χ0) is 21.0. The van der Waals surface area contributed by atoms with Crippen LogP contribution in [0.2, 0.25) is 0 Å². The summed E-state index contributed by atoms with van der Waals surface area (Å²) in [4.78, 5) is 9.80. The van der Waals surface area contributed by atoms with Gasteiger partial charge in [-0.1, -0.05) is 30.3 Å². The molecular weight excluding hydrogens is 372 g/mol. The summed E-state index contributed by atoms with van der Waals surface area (Å²) in [6.07, 6.45) is 7.51. The lowest BCUT2D eigenvalue weighted by Crippen LogP contribution is -2.41. The number of nitrogens with one attached hydrogen (secondary N) is 1. The van der Waals surface area contributed by atoms with Gasteiger partial charge in [0, 0.05) is 39.2 Å². The standard InChI is InChI=1S/C25H42N4O/c1-3-26-25(28(2)20-24-13-18-30-21-24)27-14-7-8-15-29-16-11-23(12-17-29)19-22-9-5-4-6-10-22/h4-6,9-10,23-24H,3,7-8,11-21H2,1-2H3,(H,26,27). The molecule has 0 aromatic heterocycles. The van der Waals surface area contributed by atoms with Crippen LogP contribution in [0.1, 0.15) is 44.6 Å². The SMILES string of the molecule is CCNC(=NCCCCN1CCC(Cc2ccccc2)CC1)N(C)CC1CCOC1. The van der Waals surface area contributed by atoms with Gasteiger partial charge in [-0.3, -0.25) is 4.99 Å². The Hall–Kier alpha value is -1.59. The van der Waals surface area contributed by atoms with E-state index in [9.17, 15) is 0 Å². The van der Waals surface area contributed by atoms with E-state index in [1.54, 1.807) is 0 Å². The van der Waals surface area contributed by atoms with E-state index in [4.69, 9.17) is 9.73 Å². The minimum Gasteiger partial charge on any atom is -0.381 e. The molecular formula is C25H42N4O. The summed E-state index contributed by atoms with van der Waals surface area (Å²) in [6.45, 7) is 10.6. The quantitative estimate of drug-likeness (QED) is 0.360. The first-order chi connectivity index (χ1) is 14.7. The first-order valence-electron chi connectivity index (χ1n) is 12.1. The van der Waals surface area contributed by atoms with Crippen LogP contribution in [-0.2, 0) is 11.2 Å². The van der Waals surface area contributed by atoms with Crippen LogP contribution < -0.4 is 5.32 Å². The molecule has 0 saturated carbocycles. The van der Waals surface area contributed by atoms with Gasteiger partial charge in [-0.25, -0.2) is 0 Å². The molecule has 0 bridgehead atoms. The lowest BCUT2D eigenvalue weighted by atomic mass is 9.90.